The van der Waals surface area contributed by atoms with Crippen LogP contribution in [0, 0.1) is 0 Å². The molecule has 0 aliphatic heterocycles. The molecule has 1 unspecified atom stereocenters. The largest absolute Gasteiger partial charge is 0.497 e. The van der Waals surface area contributed by atoms with Gasteiger partial charge in [-0.25, -0.2) is 0 Å². The lowest BCUT2D eigenvalue weighted by molar-refractivity contribution is -0.123. The number of nitrogens with one attached hydrogen (secondary N) is 1. The molecule has 0 heterocycles. The van der Waals surface area contributed by atoms with Crippen molar-refractivity contribution in [1.29, 1.82) is 0 Å². The third-order valence-electron chi connectivity index (χ3n) is 3.40. The van der Waals surface area contributed by atoms with E-state index in [4.69, 9.17) is 14.2 Å². The topological polar surface area (TPSA) is 56.8 Å². The van der Waals surface area contributed by atoms with Gasteiger partial charge >= 0.3 is 0 Å². The van der Waals surface area contributed by atoms with Gasteiger partial charge in [-0.2, -0.15) is 0 Å². The maximum atomic E-state index is 12.0. The number of carbonyl (C=O) groups excluding carboxylic acids is 1. The first-order chi connectivity index (χ1) is 11.1. The van der Waals surface area contributed by atoms with Gasteiger partial charge in [-0.05, 0) is 36.8 Å². The molecule has 0 bridgehead atoms. The smallest absolute Gasteiger partial charge is 0.258 e. The number of hydrogen-bond donors (Lipinski definition) is 1. The predicted molar refractivity (Wildman–Crippen MR) is 88.0 cm³/mol. The first-order valence-corrected chi connectivity index (χ1v) is 7.32. The van der Waals surface area contributed by atoms with Crippen LogP contribution in [0.3, 0.4) is 0 Å². The zero-order chi connectivity index (χ0) is 16.7. The van der Waals surface area contributed by atoms with E-state index < -0.39 is 0 Å². The van der Waals surface area contributed by atoms with Crippen molar-refractivity contribution in [3.05, 3.63) is 54.1 Å². The predicted octanol–water partition coefficient (Wildman–Crippen LogP) is 2.96. The summed E-state index contributed by atoms with van der Waals surface area (Å²) in [5, 5.41) is 2.90. The second-order valence-corrected chi connectivity index (χ2v) is 5.03. The minimum absolute atomic E-state index is 0.0480. The van der Waals surface area contributed by atoms with Gasteiger partial charge in [0.1, 0.15) is 17.2 Å². The summed E-state index contributed by atoms with van der Waals surface area (Å²) in [6.07, 6.45) is 0. The average Bonchev–Trinajstić information content (AvgIpc) is 2.60. The number of carbonyl (C=O) groups is 1. The number of rotatable bonds is 7. The maximum Gasteiger partial charge on any atom is 0.258 e. The quantitative estimate of drug-likeness (QED) is 0.853. The summed E-state index contributed by atoms with van der Waals surface area (Å²) in [4.78, 5) is 12.0. The van der Waals surface area contributed by atoms with Crippen LogP contribution in [0.25, 0.3) is 0 Å². The summed E-state index contributed by atoms with van der Waals surface area (Å²) < 4.78 is 15.7. The highest BCUT2D eigenvalue weighted by Crippen LogP contribution is 2.19. The molecule has 0 aliphatic carbocycles. The van der Waals surface area contributed by atoms with Crippen molar-refractivity contribution in [2.75, 3.05) is 20.8 Å². The second-order valence-electron chi connectivity index (χ2n) is 5.03. The van der Waals surface area contributed by atoms with Crippen LogP contribution in [-0.2, 0) is 4.79 Å². The molecule has 5 nitrogen and oxygen atoms in total. The van der Waals surface area contributed by atoms with Crippen LogP contribution in [0.5, 0.6) is 17.2 Å². The van der Waals surface area contributed by atoms with E-state index in [1.54, 1.807) is 26.4 Å². The van der Waals surface area contributed by atoms with Gasteiger partial charge in [0.05, 0.1) is 20.3 Å². The summed E-state index contributed by atoms with van der Waals surface area (Å²) in [5.41, 5.74) is 1.00. The monoisotopic (exact) mass is 315 g/mol. The van der Waals surface area contributed by atoms with E-state index in [9.17, 15) is 4.79 Å². The minimum Gasteiger partial charge on any atom is -0.497 e. The van der Waals surface area contributed by atoms with E-state index in [-0.39, 0.29) is 18.6 Å². The Balaban J connectivity index is 1.85. The fraction of sp³-hybridized carbons (Fsp3) is 0.278. The Labute approximate surface area is 136 Å². The van der Waals surface area contributed by atoms with Crippen LogP contribution in [0.2, 0.25) is 0 Å². The molecular weight excluding hydrogens is 294 g/mol. The Morgan fingerprint density at radius 1 is 1.00 bits per heavy atom. The molecule has 0 fully saturated rings. The lowest BCUT2D eigenvalue weighted by Crippen LogP contribution is -2.31. The Kier molecular flexibility index (Phi) is 5.86. The first-order valence-electron chi connectivity index (χ1n) is 7.32. The van der Waals surface area contributed by atoms with Crippen LogP contribution in [0.4, 0.5) is 0 Å². The molecule has 1 atom stereocenters. The summed E-state index contributed by atoms with van der Waals surface area (Å²) in [6, 6.07) is 14.6. The number of methoxy groups -OCH3 is 2. The maximum absolute atomic E-state index is 12.0. The Bertz CT molecular complexity index is 640. The molecular formula is C18H21NO4. The van der Waals surface area contributed by atoms with E-state index in [1.807, 2.05) is 43.3 Å². The van der Waals surface area contributed by atoms with Crippen LogP contribution in [0.15, 0.2) is 48.5 Å². The van der Waals surface area contributed by atoms with Crippen LogP contribution in [0.1, 0.15) is 18.5 Å². The number of amides is 1. The Hall–Kier alpha value is -2.69. The molecule has 0 aliphatic rings. The third-order valence-corrected chi connectivity index (χ3v) is 3.40. The van der Waals surface area contributed by atoms with Crippen molar-refractivity contribution in [2.45, 2.75) is 13.0 Å². The van der Waals surface area contributed by atoms with Gasteiger partial charge in [0.15, 0.2) is 6.61 Å². The molecule has 2 aromatic rings. The minimum atomic E-state index is -0.184. The molecule has 0 saturated carbocycles. The van der Waals surface area contributed by atoms with Crippen molar-refractivity contribution >= 4 is 5.91 Å². The Morgan fingerprint density at radius 3 is 2.30 bits per heavy atom. The fourth-order valence-corrected chi connectivity index (χ4v) is 2.10. The van der Waals surface area contributed by atoms with Gasteiger partial charge in [-0.3, -0.25) is 4.79 Å². The highest BCUT2D eigenvalue weighted by molar-refractivity contribution is 5.78. The van der Waals surface area contributed by atoms with E-state index in [0.29, 0.717) is 11.5 Å². The highest BCUT2D eigenvalue weighted by Gasteiger charge is 2.10. The van der Waals surface area contributed by atoms with Crippen molar-refractivity contribution in [2.24, 2.45) is 0 Å². The molecule has 0 spiro atoms. The standard InChI is InChI=1S/C18H21NO4/c1-13(14-7-9-15(21-2)10-8-14)19-18(20)12-23-17-6-4-5-16(11-17)22-3/h4-11,13H,12H2,1-3H3,(H,19,20). The second kappa shape index (κ2) is 8.08. The summed E-state index contributed by atoms with van der Waals surface area (Å²) in [7, 11) is 3.21. The van der Waals surface area contributed by atoms with E-state index in [1.165, 1.54) is 0 Å². The molecule has 2 aromatic carbocycles. The average molecular weight is 315 g/mol. The van der Waals surface area contributed by atoms with Crippen LogP contribution >= 0.6 is 0 Å². The van der Waals surface area contributed by atoms with Crippen molar-refractivity contribution in [3.8, 4) is 17.2 Å². The summed E-state index contributed by atoms with van der Waals surface area (Å²) >= 11 is 0. The number of benzene rings is 2. The van der Waals surface area contributed by atoms with Crippen LogP contribution < -0.4 is 19.5 Å². The van der Waals surface area contributed by atoms with Crippen LogP contribution in [-0.4, -0.2) is 26.7 Å². The van der Waals surface area contributed by atoms with E-state index in [0.717, 1.165) is 11.3 Å². The third kappa shape index (κ3) is 4.92. The molecule has 1 amide bonds. The lowest BCUT2D eigenvalue weighted by Gasteiger charge is -2.15. The van der Waals surface area contributed by atoms with Gasteiger partial charge < -0.3 is 19.5 Å². The summed E-state index contributed by atoms with van der Waals surface area (Å²) in [5.74, 6) is 1.89. The van der Waals surface area contributed by atoms with Gasteiger partial charge in [0.25, 0.3) is 5.91 Å². The van der Waals surface area contributed by atoms with Gasteiger partial charge in [-0.15, -0.1) is 0 Å². The first kappa shape index (κ1) is 16.7. The SMILES string of the molecule is COc1ccc(C(C)NC(=O)COc2cccc(OC)c2)cc1. The molecule has 0 aromatic heterocycles. The molecule has 2 rings (SSSR count). The van der Waals surface area contributed by atoms with Gasteiger partial charge in [0, 0.05) is 6.07 Å². The van der Waals surface area contributed by atoms with Crippen molar-refractivity contribution in [1.82, 2.24) is 5.32 Å². The Morgan fingerprint density at radius 2 is 1.65 bits per heavy atom. The molecule has 1 N–H and O–H groups in total. The molecule has 5 heteroatoms. The normalized spacial score (nSPS) is 11.4. The van der Waals surface area contributed by atoms with Gasteiger partial charge in [-0.1, -0.05) is 18.2 Å². The van der Waals surface area contributed by atoms with Crippen molar-refractivity contribution in [3.63, 3.8) is 0 Å². The molecule has 0 saturated heterocycles. The number of hydrogen-bond acceptors (Lipinski definition) is 4. The zero-order valence-corrected chi connectivity index (χ0v) is 13.5. The highest BCUT2D eigenvalue weighted by atomic mass is 16.5. The molecule has 0 radical (unpaired) electrons. The van der Waals surface area contributed by atoms with Crippen molar-refractivity contribution < 1.29 is 19.0 Å². The summed E-state index contributed by atoms with van der Waals surface area (Å²) in [6.45, 7) is 1.87. The zero-order valence-electron chi connectivity index (χ0n) is 13.5. The van der Waals surface area contributed by atoms with E-state index >= 15 is 0 Å². The molecule has 23 heavy (non-hydrogen) atoms. The van der Waals surface area contributed by atoms with E-state index in [2.05, 4.69) is 5.32 Å². The fourth-order valence-electron chi connectivity index (χ4n) is 2.10. The lowest BCUT2D eigenvalue weighted by atomic mass is 10.1. The van der Waals surface area contributed by atoms with Gasteiger partial charge in [0.2, 0.25) is 0 Å². The number of ether oxygens (including phenoxy) is 3. The molecule has 122 valence electrons.